The largest absolute Gasteiger partial charge is 0.372 e. The minimum atomic E-state index is 0.0924. The van der Waals surface area contributed by atoms with E-state index in [-0.39, 0.29) is 18.1 Å². The number of carbonyl (C=O) groups is 1. The predicted octanol–water partition coefficient (Wildman–Crippen LogP) is 4.84. The molecule has 2 atom stereocenters. The van der Waals surface area contributed by atoms with Crippen LogP contribution in [-0.4, -0.2) is 61.6 Å². The van der Waals surface area contributed by atoms with Crippen molar-refractivity contribution < 1.29 is 9.53 Å². The molecule has 7 nitrogen and oxygen atoms in total. The Labute approximate surface area is 209 Å². The third kappa shape index (κ3) is 5.33. The van der Waals surface area contributed by atoms with Crippen molar-refractivity contribution in [2.24, 2.45) is 0 Å². The lowest BCUT2D eigenvalue weighted by atomic mass is 10.1. The average Bonchev–Trinajstić information content (AvgIpc) is 3.14. The van der Waals surface area contributed by atoms with Gasteiger partial charge in [-0.25, -0.2) is 4.98 Å². The van der Waals surface area contributed by atoms with Crippen LogP contribution in [0.3, 0.4) is 0 Å². The van der Waals surface area contributed by atoms with Crippen LogP contribution in [0.1, 0.15) is 37.8 Å². The minimum Gasteiger partial charge on any atom is -0.372 e. The summed E-state index contributed by atoms with van der Waals surface area (Å²) < 4.78 is 7.96. The second-order valence-corrected chi connectivity index (χ2v) is 10.4. The first kappa shape index (κ1) is 23.8. The summed E-state index contributed by atoms with van der Waals surface area (Å²) in [6, 6.07) is 16.8. The van der Waals surface area contributed by atoms with Crippen LogP contribution in [0, 0.1) is 6.92 Å². The molecule has 1 fully saturated rings. The normalized spacial score (nSPS) is 18.4. The molecule has 1 amide bonds. The number of nitrogens with zero attached hydrogens (tertiary/aromatic N) is 5. The molecule has 0 saturated carbocycles. The molecule has 2 aromatic carbocycles. The van der Waals surface area contributed by atoms with Gasteiger partial charge < -0.3 is 14.2 Å². The first-order chi connectivity index (χ1) is 17.0. The van der Waals surface area contributed by atoms with Gasteiger partial charge in [0.15, 0.2) is 5.65 Å². The van der Waals surface area contributed by atoms with Crippen molar-refractivity contribution in [3.8, 4) is 0 Å². The number of para-hydroxylation sites is 1. The van der Waals surface area contributed by atoms with E-state index in [4.69, 9.17) is 9.72 Å². The molecule has 2 aromatic heterocycles. The number of hydrogen-bond donors (Lipinski definition) is 0. The molecule has 0 spiro atoms. The molecule has 1 saturated heterocycles. The van der Waals surface area contributed by atoms with E-state index in [2.05, 4.69) is 58.1 Å². The number of hydrogen-bond acceptors (Lipinski definition) is 6. The first-order valence-corrected chi connectivity index (χ1v) is 13.2. The van der Waals surface area contributed by atoms with Crippen molar-refractivity contribution in [1.29, 1.82) is 0 Å². The molecule has 5 rings (SSSR count). The number of thioether (sulfide) groups is 1. The Balaban J connectivity index is 1.30. The van der Waals surface area contributed by atoms with Crippen LogP contribution in [0.25, 0.3) is 22.1 Å². The van der Waals surface area contributed by atoms with Crippen LogP contribution in [0.5, 0.6) is 0 Å². The highest BCUT2D eigenvalue weighted by atomic mass is 32.2. The number of aryl methyl sites for hydroxylation is 1. The van der Waals surface area contributed by atoms with Crippen LogP contribution in [0.2, 0.25) is 0 Å². The summed E-state index contributed by atoms with van der Waals surface area (Å²) in [5.74, 6) is 0.965. The average molecular weight is 490 g/mol. The highest BCUT2D eigenvalue weighted by Crippen LogP contribution is 2.28. The fourth-order valence-corrected chi connectivity index (χ4v) is 5.55. The van der Waals surface area contributed by atoms with E-state index in [0.717, 1.165) is 40.8 Å². The number of aromatic nitrogens is 4. The Morgan fingerprint density at radius 3 is 2.69 bits per heavy atom. The summed E-state index contributed by atoms with van der Waals surface area (Å²) in [6.07, 6.45) is 1.48. The maximum Gasteiger partial charge on any atom is 0.222 e. The molecule has 0 aliphatic carbocycles. The van der Waals surface area contributed by atoms with Gasteiger partial charge >= 0.3 is 0 Å². The van der Waals surface area contributed by atoms with Crippen molar-refractivity contribution in [2.45, 2.75) is 57.5 Å². The Morgan fingerprint density at radius 1 is 1.09 bits per heavy atom. The topological polar surface area (TPSA) is 73.1 Å². The molecule has 8 heteroatoms. The van der Waals surface area contributed by atoms with Crippen molar-refractivity contribution in [3.05, 3.63) is 59.7 Å². The summed E-state index contributed by atoms with van der Waals surface area (Å²) in [5, 5.41) is 10.7. The SMILES string of the molecule is Cc1cccc(Cn2c3ccccc3c3nnc(SCCCC(=O)N4CC(C)OC(C)C4)nc32)c1. The molecule has 0 N–H and O–H groups in total. The van der Waals surface area contributed by atoms with Gasteiger partial charge in [0.25, 0.3) is 0 Å². The van der Waals surface area contributed by atoms with Crippen molar-refractivity contribution in [3.63, 3.8) is 0 Å². The monoisotopic (exact) mass is 489 g/mol. The number of fused-ring (bicyclic) bond motifs is 3. The zero-order valence-electron chi connectivity index (χ0n) is 20.5. The van der Waals surface area contributed by atoms with E-state index < -0.39 is 0 Å². The lowest BCUT2D eigenvalue weighted by Gasteiger charge is -2.35. The number of ether oxygens (including phenoxy) is 1. The van der Waals surface area contributed by atoms with Crippen LogP contribution >= 0.6 is 11.8 Å². The molecular weight excluding hydrogens is 458 g/mol. The highest BCUT2D eigenvalue weighted by molar-refractivity contribution is 7.99. The molecule has 1 aliphatic heterocycles. The van der Waals surface area contributed by atoms with Crippen molar-refractivity contribution >= 4 is 39.7 Å². The molecule has 4 aromatic rings. The van der Waals surface area contributed by atoms with E-state index in [1.54, 1.807) is 11.8 Å². The van der Waals surface area contributed by atoms with E-state index in [0.29, 0.717) is 24.7 Å². The van der Waals surface area contributed by atoms with Gasteiger partial charge in [0.2, 0.25) is 11.1 Å². The van der Waals surface area contributed by atoms with Crippen LogP contribution in [-0.2, 0) is 16.1 Å². The van der Waals surface area contributed by atoms with Gasteiger partial charge in [-0.2, -0.15) is 0 Å². The fourth-order valence-electron chi connectivity index (χ4n) is 4.83. The molecule has 0 bridgehead atoms. The van der Waals surface area contributed by atoms with Gasteiger partial charge in [-0.3, -0.25) is 4.79 Å². The van der Waals surface area contributed by atoms with Gasteiger partial charge in [-0.15, -0.1) is 10.2 Å². The Kier molecular flexibility index (Phi) is 7.02. The predicted molar refractivity (Wildman–Crippen MR) is 140 cm³/mol. The molecular formula is C27H31N5O2S. The Hall–Kier alpha value is -2.97. The van der Waals surface area contributed by atoms with Gasteiger partial charge in [-0.1, -0.05) is 59.8 Å². The number of morpholine rings is 1. The smallest absolute Gasteiger partial charge is 0.222 e. The third-order valence-electron chi connectivity index (χ3n) is 6.32. The molecule has 3 heterocycles. The Morgan fingerprint density at radius 2 is 1.89 bits per heavy atom. The van der Waals surface area contributed by atoms with E-state index >= 15 is 0 Å². The maximum atomic E-state index is 12.6. The highest BCUT2D eigenvalue weighted by Gasteiger charge is 2.25. The van der Waals surface area contributed by atoms with Crippen LogP contribution in [0.15, 0.2) is 53.7 Å². The zero-order chi connectivity index (χ0) is 24.4. The van der Waals surface area contributed by atoms with Crippen LogP contribution in [0.4, 0.5) is 0 Å². The van der Waals surface area contributed by atoms with Gasteiger partial charge in [0.1, 0.15) is 5.52 Å². The standard InChI is InChI=1S/C27H31N5O2S/c1-18-8-6-9-21(14-18)17-32-23-11-5-4-10-22(23)25-26(32)28-27(30-29-25)35-13-7-12-24(33)31-15-19(2)34-20(3)16-31/h4-6,8-11,14,19-20H,7,12-13,15-17H2,1-3H3. The molecule has 2 unspecified atom stereocenters. The summed E-state index contributed by atoms with van der Waals surface area (Å²) >= 11 is 1.56. The summed E-state index contributed by atoms with van der Waals surface area (Å²) in [4.78, 5) is 19.5. The second kappa shape index (κ2) is 10.3. The number of carbonyl (C=O) groups excluding carboxylic acids is 1. The molecule has 1 aliphatic rings. The zero-order valence-corrected chi connectivity index (χ0v) is 21.3. The number of benzene rings is 2. The second-order valence-electron chi connectivity index (χ2n) is 9.37. The lowest BCUT2D eigenvalue weighted by molar-refractivity contribution is -0.143. The van der Waals surface area contributed by atoms with E-state index in [1.807, 2.05) is 30.9 Å². The molecule has 182 valence electrons. The summed E-state index contributed by atoms with van der Waals surface area (Å²) in [7, 11) is 0. The van der Waals surface area contributed by atoms with E-state index in [1.165, 1.54) is 11.1 Å². The first-order valence-electron chi connectivity index (χ1n) is 12.2. The summed E-state index contributed by atoms with van der Waals surface area (Å²) in [5.41, 5.74) is 5.24. The summed E-state index contributed by atoms with van der Waals surface area (Å²) in [6.45, 7) is 8.21. The minimum absolute atomic E-state index is 0.0924. The Bertz CT molecular complexity index is 1340. The lowest BCUT2D eigenvalue weighted by Crippen LogP contribution is -2.48. The third-order valence-corrected chi connectivity index (χ3v) is 7.24. The fraction of sp³-hybridized carbons (Fsp3) is 0.407. The molecule has 0 radical (unpaired) electrons. The quantitative estimate of drug-likeness (QED) is 0.273. The van der Waals surface area contributed by atoms with E-state index in [9.17, 15) is 4.79 Å². The van der Waals surface area contributed by atoms with Crippen molar-refractivity contribution in [1.82, 2.24) is 24.6 Å². The van der Waals surface area contributed by atoms with Crippen molar-refractivity contribution in [2.75, 3.05) is 18.8 Å². The van der Waals surface area contributed by atoms with Gasteiger partial charge in [0, 0.05) is 37.2 Å². The number of rotatable bonds is 7. The maximum absolute atomic E-state index is 12.6. The van der Waals surface area contributed by atoms with Gasteiger partial charge in [-0.05, 0) is 38.8 Å². The van der Waals surface area contributed by atoms with Crippen LogP contribution < -0.4 is 0 Å². The molecule has 35 heavy (non-hydrogen) atoms. The van der Waals surface area contributed by atoms with Gasteiger partial charge in [0.05, 0.1) is 17.7 Å². The number of amides is 1.